The minimum Gasteiger partial charge on any atom is -0.464 e. The lowest BCUT2D eigenvalue weighted by Gasteiger charge is -2.31. The van der Waals surface area contributed by atoms with Gasteiger partial charge in [-0.15, -0.1) is 0 Å². The Kier molecular flexibility index (Phi) is 2.29. The van der Waals surface area contributed by atoms with E-state index in [0.717, 1.165) is 12.1 Å². The zero-order valence-corrected chi connectivity index (χ0v) is 9.20. The van der Waals surface area contributed by atoms with Gasteiger partial charge in [0, 0.05) is 5.56 Å². The van der Waals surface area contributed by atoms with Gasteiger partial charge in [-0.1, -0.05) is 0 Å². The van der Waals surface area contributed by atoms with E-state index in [1.54, 1.807) is 12.1 Å². The van der Waals surface area contributed by atoms with Gasteiger partial charge in [0.25, 0.3) is 0 Å². The second-order valence-corrected chi connectivity index (χ2v) is 3.88. The fourth-order valence-electron chi connectivity index (χ4n) is 1.66. The average Bonchev–Trinajstić information content (AvgIpc) is 2.82. The van der Waals surface area contributed by atoms with Crippen molar-refractivity contribution < 1.29 is 31.5 Å². The van der Waals surface area contributed by atoms with Crippen LogP contribution in [0.5, 0.6) is 11.5 Å². The van der Waals surface area contributed by atoms with Crippen molar-refractivity contribution in [2.45, 2.75) is 12.2 Å². The van der Waals surface area contributed by atoms with E-state index in [1.165, 1.54) is 12.3 Å². The van der Waals surface area contributed by atoms with Crippen LogP contribution in [-0.4, -0.2) is 12.2 Å². The molecule has 3 nitrogen and oxygen atoms in total. The Balaban J connectivity index is 2.04. The first-order valence-corrected chi connectivity index (χ1v) is 5.21. The molecule has 0 fully saturated rings. The summed E-state index contributed by atoms with van der Waals surface area (Å²) in [6, 6.07) is 6.88. The molecule has 0 spiro atoms. The summed E-state index contributed by atoms with van der Waals surface area (Å²) in [4.78, 5) is 0. The quantitative estimate of drug-likeness (QED) is 0.739. The highest BCUT2D eigenvalue weighted by atomic mass is 19.3. The number of alkyl halides is 4. The molecule has 2 heterocycles. The fraction of sp³-hybridized carbons (Fsp3) is 0.167. The lowest BCUT2D eigenvalue weighted by molar-refractivity contribution is -0.391. The van der Waals surface area contributed by atoms with Crippen LogP contribution in [0.3, 0.4) is 0 Å². The predicted octanol–water partition coefficient (Wildman–Crippen LogP) is 3.90. The fourth-order valence-corrected chi connectivity index (χ4v) is 1.66. The number of halogens is 4. The zero-order chi connectivity index (χ0) is 13.7. The average molecular weight is 274 g/mol. The second kappa shape index (κ2) is 3.66. The largest absolute Gasteiger partial charge is 0.507 e. The molecular formula is C12H6F4O3. The number of fused-ring (bicyclic) bond motifs is 1. The van der Waals surface area contributed by atoms with E-state index in [1.807, 2.05) is 0 Å². The highest BCUT2D eigenvalue weighted by molar-refractivity contribution is 5.63. The number of rotatable bonds is 1. The van der Waals surface area contributed by atoms with Crippen LogP contribution in [0.1, 0.15) is 0 Å². The number of hydrogen-bond donors (Lipinski definition) is 0. The summed E-state index contributed by atoms with van der Waals surface area (Å²) in [6.07, 6.45) is -8.02. The van der Waals surface area contributed by atoms with Gasteiger partial charge in [0.05, 0.1) is 6.26 Å². The van der Waals surface area contributed by atoms with E-state index in [4.69, 9.17) is 4.42 Å². The molecular weight excluding hydrogens is 268 g/mol. The summed E-state index contributed by atoms with van der Waals surface area (Å²) in [7, 11) is 0. The Morgan fingerprint density at radius 1 is 0.842 bits per heavy atom. The Bertz CT molecular complexity index is 607. The first kappa shape index (κ1) is 11.9. The van der Waals surface area contributed by atoms with Gasteiger partial charge in [-0.05, 0) is 30.3 Å². The SMILES string of the molecule is FC1(F)Oc2ccc(-c3ccco3)cc2OC1(F)F. The van der Waals surface area contributed by atoms with Crippen molar-refractivity contribution >= 4 is 0 Å². The molecule has 1 aliphatic heterocycles. The van der Waals surface area contributed by atoms with E-state index >= 15 is 0 Å². The monoisotopic (exact) mass is 274 g/mol. The molecule has 0 amide bonds. The Morgan fingerprint density at radius 2 is 1.53 bits per heavy atom. The molecule has 0 unspecified atom stereocenters. The maximum Gasteiger partial charge on any atom is 0.507 e. The van der Waals surface area contributed by atoms with E-state index < -0.39 is 23.7 Å². The Morgan fingerprint density at radius 3 is 2.16 bits per heavy atom. The van der Waals surface area contributed by atoms with Crippen LogP contribution < -0.4 is 9.47 Å². The molecule has 100 valence electrons. The topological polar surface area (TPSA) is 31.6 Å². The number of benzene rings is 1. The van der Waals surface area contributed by atoms with Crippen molar-refractivity contribution in [2.24, 2.45) is 0 Å². The van der Waals surface area contributed by atoms with Gasteiger partial charge >= 0.3 is 12.2 Å². The van der Waals surface area contributed by atoms with Crippen molar-refractivity contribution in [3.8, 4) is 22.8 Å². The molecule has 0 atom stereocenters. The molecule has 0 saturated carbocycles. The molecule has 0 saturated heterocycles. The second-order valence-electron chi connectivity index (χ2n) is 3.88. The third-order valence-corrected chi connectivity index (χ3v) is 2.56. The van der Waals surface area contributed by atoms with Crippen LogP contribution in [0.15, 0.2) is 41.0 Å². The molecule has 2 aromatic rings. The molecule has 3 rings (SSSR count). The number of ether oxygens (including phenoxy) is 2. The highest BCUT2D eigenvalue weighted by Crippen LogP contribution is 2.47. The lowest BCUT2D eigenvalue weighted by Crippen LogP contribution is -2.52. The van der Waals surface area contributed by atoms with Crippen molar-refractivity contribution in [3.05, 3.63) is 36.6 Å². The molecule has 0 N–H and O–H groups in total. The molecule has 19 heavy (non-hydrogen) atoms. The summed E-state index contributed by atoms with van der Waals surface area (Å²) >= 11 is 0. The lowest BCUT2D eigenvalue weighted by atomic mass is 10.1. The normalized spacial score (nSPS) is 19.2. The molecule has 1 aliphatic rings. The minimum absolute atomic E-state index is 0.395. The summed E-state index contributed by atoms with van der Waals surface area (Å²) in [5.41, 5.74) is 0.411. The Labute approximate surface area is 104 Å². The van der Waals surface area contributed by atoms with Crippen LogP contribution in [0.4, 0.5) is 17.6 Å². The maximum absolute atomic E-state index is 13.0. The first-order valence-electron chi connectivity index (χ1n) is 5.21. The summed E-state index contributed by atoms with van der Waals surface area (Å²) in [5.74, 6) is -0.525. The van der Waals surface area contributed by atoms with Crippen LogP contribution in [-0.2, 0) is 0 Å². The standard InChI is InChI=1S/C12H6F4O3/c13-11(14)12(15,16)19-10-6-7(3-4-9(10)18-11)8-2-1-5-17-8/h1-6H. The van der Waals surface area contributed by atoms with Crippen molar-refractivity contribution in [2.75, 3.05) is 0 Å². The van der Waals surface area contributed by atoms with E-state index in [0.29, 0.717) is 11.3 Å². The number of furan rings is 1. The van der Waals surface area contributed by atoms with Crippen molar-refractivity contribution in [1.29, 1.82) is 0 Å². The van der Waals surface area contributed by atoms with Gasteiger partial charge < -0.3 is 13.9 Å². The maximum atomic E-state index is 13.0. The third-order valence-electron chi connectivity index (χ3n) is 2.56. The van der Waals surface area contributed by atoms with Gasteiger partial charge in [0.15, 0.2) is 11.5 Å². The first-order chi connectivity index (χ1) is 8.89. The predicted molar refractivity (Wildman–Crippen MR) is 55.3 cm³/mol. The molecule has 0 radical (unpaired) electrons. The molecule has 1 aromatic heterocycles. The van der Waals surface area contributed by atoms with Gasteiger partial charge in [-0.25, -0.2) is 0 Å². The van der Waals surface area contributed by atoms with Gasteiger partial charge in [-0.2, -0.15) is 17.6 Å². The number of hydrogen-bond acceptors (Lipinski definition) is 3. The smallest absolute Gasteiger partial charge is 0.464 e. The molecule has 1 aromatic carbocycles. The third kappa shape index (κ3) is 1.81. The molecule has 0 aliphatic carbocycles. The van der Waals surface area contributed by atoms with Crippen LogP contribution in [0, 0.1) is 0 Å². The van der Waals surface area contributed by atoms with Crippen LogP contribution in [0.2, 0.25) is 0 Å². The van der Waals surface area contributed by atoms with Gasteiger partial charge in [0.1, 0.15) is 5.76 Å². The van der Waals surface area contributed by atoms with Crippen molar-refractivity contribution in [1.82, 2.24) is 0 Å². The van der Waals surface area contributed by atoms with Crippen molar-refractivity contribution in [3.63, 3.8) is 0 Å². The summed E-state index contributed by atoms with van der Waals surface area (Å²) in [5, 5.41) is 0. The van der Waals surface area contributed by atoms with Gasteiger partial charge in [-0.3, -0.25) is 0 Å². The summed E-state index contributed by atoms with van der Waals surface area (Å²) < 4.78 is 64.9. The zero-order valence-electron chi connectivity index (χ0n) is 9.20. The van der Waals surface area contributed by atoms with E-state index in [-0.39, 0.29) is 0 Å². The van der Waals surface area contributed by atoms with E-state index in [2.05, 4.69) is 9.47 Å². The molecule has 7 heteroatoms. The summed E-state index contributed by atoms with van der Waals surface area (Å²) in [6.45, 7) is 0. The van der Waals surface area contributed by atoms with Crippen LogP contribution in [0.25, 0.3) is 11.3 Å². The highest BCUT2D eigenvalue weighted by Gasteiger charge is 2.65. The van der Waals surface area contributed by atoms with Gasteiger partial charge in [0.2, 0.25) is 0 Å². The minimum atomic E-state index is -4.72. The van der Waals surface area contributed by atoms with E-state index in [9.17, 15) is 17.6 Å². The Hall–Kier alpha value is -2.18. The molecule has 0 bridgehead atoms. The van der Waals surface area contributed by atoms with Crippen LogP contribution >= 0.6 is 0 Å².